The van der Waals surface area contributed by atoms with E-state index >= 15 is 0 Å². The Morgan fingerprint density at radius 1 is 0.561 bits per heavy atom. The molecule has 3 atom stereocenters. The molecule has 0 radical (unpaired) electrons. The highest BCUT2D eigenvalue weighted by atomic mass is 31.2. The first-order valence-electron chi connectivity index (χ1n) is 21.3. The topological polar surface area (TPSA) is 155 Å². The first-order valence-corrected chi connectivity index (χ1v) is 22.8. The molecule has 4 N–H and O–H groups in total. The Kier molecular flexibility index (Phi) is 38.8. The zero-order valence-corrected chi connectivity index (χ0v) is 36.0. The number of carboxylic acids is 1. The van der Waals surface area contributed by atoms with Gasteiger partial charge in [0.25, 0.3) is 0 Å². The molecule has 57 heavy (non-hydrogen) atoms. The molecule has 0 aromatic carbocycles. The van der Waals surface area contributed by atoms with Gasteiger partial charge in [0, 0.05) is 13.0 Å². The fourth-order valence-corrected chi connectivity index (χ4v) is 5.90. The highest BCUT2D eigenvalue weighted by Crippen LogP contribution is 2.43. The minimum Gasteiger partial charge on any atom is -0.480 e. The average Bonchev–Trinajstić information content (AvgIpc) is 3.19. The fourth-order valence-electron chi connectivity index (χ4n) is 5.12. The molecule has 0 aliphatic carbocycles. The Morgan fingerprint density at radius 3 is 1.44 bits per heavy atom. The van der Waals surface area contributed by atoms with Crippen LogP contribution in [-0.2, 0) is 32.7 Å². The molecule has 3 unspecified atom stereocenters. The first kappa shape index (κ1) is 53.9. The maximum Gasteiger partial charge on any atom is 0.472 e. The van der Waals surface area contributed by atoms with Gasteiger partial charge >= 0.3 is 19.8 Å². The van der Waals surface area contributed by atoms with E-state index in [0.29, 0.717) is 19.4 Å². The summed E-state index contributed by atoms with van der Waals surface area (Å²) in [6.07, 6.45) is 53.2. The predicted molar refractivity (Wildman–Crippen MR) is 235 cm³/mol. The van der Waals surface area contributed by atoms with Crippen LogP contribution in [0.3, 0.4) is 0 Å². The number of allylic oxidation sites excluding steroid dienone is 16. The Bertz CT molecular complexity index is 1270. The van der Waals surface area contributed by atoms with E-state index in [4.69, 9.17) is 29.4 Å². The van der Waals surface area contributed by atoms with Crippen LogP contribution in [0.1, 0.15) is 142 Å². The highest BCUT2D eigenvalue weighted by Gasteiger charge is 2.27. The molecule has 0 aromatic heterocycles. The summed E-state index contributed by atoms with van der Waals surface area (Å²) in [6.45, 7) is 3.54. The number of aliphatic carboxylic acids is 1. The standard InChI is InChI=1S/C46H76NO9P/c1-3-5-7-9-11-13-15-17-19-21-23-25-27-29-31-33-35-37-39-53-40-43(41-54-57(51,52)55-42-44(47)46(49)50)56-45(48)38-36-34-32-30-28-26-24-22-20-18-16-14-12-10-8-6-4-2/h5-8,11-14,17-20,24,26,30,32,43-44H,3-4,9-10,15-16,21-23,25,27-29,31,33-42,47H2,1-2H3,(H,49,50)(H,51,52)/b7-5-,8-6-,13-11-,14-12-,19-17-,20-18-,26-24-,32-30-. The molecule has 0 aliphatic heterocycles. The van der Waals surface area contributed by atoms with Crippen molar-refractivity contribution < 1.29 is 42.7 Å². The van der Waals surface area contributed by atoms with Crippen LogP contribution < -0.4 is 5.73 Å². The van der Waals surface area contributed by atoms with Crippen molar-refractivity contribution in [3.63, 3.8) is 0 Å². The number of hydrogen-bond donors (Lipinski definition) is 3. The van der Waals surface area contributed by atoms with E-state index in [0.717, 1.165) is 77.0 Å². The van der Waals surface area contributed by atoms with Gasteiger partial charge in [0.1, 0.15) is 12.1 Å². The van der Waals surface area contributed by atoms with Crippen molar-refractivity contribution in [3.8, 4) is 0 Å². The van der Waals surface area contributed by atoms with E-state index in [2.05, 4.69) is 105 Å². The second kappa shape index (κ2) is 41.1. The molecule has 10 nitrogen and oxygen atoms in total. The number of nitrogens with two attached hydrogens (primary N) is 1. The lowest BCUT2D eigenvalue weighted by Gasteiger charge is -2.20. The Hall–Kier alpha value is -3.11. The minimum absolute atomic E-state index is 0.0177. The van der Waals surface area contributed by atoms with Gasteiger partial charge in [-0.15, -0.1) is 0 Å². The van der Waals surface area contributed by atoms with Crippen LogP contribution in [0.2, 0.25) is 0 Å². The van der Waals surface area contributed by atoms with Crippen molar-refractivity contribution in [2.24, 2.45) is 5.73 Å². The van der Waals surface area contributed by atoms with Gasteiger partial charge in [-0.2, -0.15) is 0 Å². The third kappa shape index (κ3) is 40.9. The summed E-state index contributed by atoms with van der Waals surface area (Å²) in [6, 6.07) is -1.49. The molecule has 324 valence electrons. The molecule has 0 saturated heterocycles. The van der Waals surface area contributed by atoms with Crippen LogP contribution in [0.15, 0.2) is 97.2 Å². The number of phosphoric acid groups is 1. The van der Waals surface area contributed by atoms with Crippen molar-refractivity contribution in [2.45, 2.75) is 154 Å². The molecule has 0 aliphatic rings. The number of esters is 1. The number of hydrogen-bond acceptors (Lipinski definition) is 8. The summed E-state index contributed by atoms with van der Waals surface area (Å²) in [5.74, 6) is -1.85. The van der Waals surface area contributed by atoms with Gasteiger partial charge in [-0.3, -0.25) is 18.6 Å². The summed E-state index contributed by atoms with van der Waals surface area (Å²) in [5.41, 5.74) is 5.35. The Morgan fingerprint density at radius 2 is 0.965 bits per heavy atom. The van der Waals surface area contributed by atoms with Gasteiger partial charge in [0.2, 0.25) is 0 Å². The van der Waals surface area contributed by atoms with E-state index < -0.39 is 45.1 Å². The monoisotopic (exact) mass is 818 g/mol. The van der Waals surface area contributed by atoms with Gasteiger partial charge in [-0.05, 0) is 83.5 Å². The third-order valence-electron chi connectivity index (χ3n) is 8.36. The zero-order valence-electron chi connectivity index (χ0n) is 35.1. The summed E-state index contributed by atoms with van der Waals surface area (Å²) >= 11 is 0. The normalized spacial score (nSPS) is 14.9. The summed E-state index contributed by atoms with van der Waals surface area (Å²) in [7, 11) is -4.64. The van der Waals surface area contributed by atoms with Gasteiger partial charge in [0.05, 0.1) is 19.8 Å². The summed E-state index contributed by atoms with van der Waals surface area (Å²) < 4.78 is 33.3. The van der Waals surface area contributed by atoms with E-state index in [1.807, 2.05) is 6.08 Å². The lowest BCUT2D eigenvalue weighted by atomic mass is 10.1. The van der Waals surface area contributed by atoms with Gasteiger partial charge in [0.15, 0.2) is 0 Å². The lowest BCUT2D eigenvalue weighted by molar-refractivity contribution is -0.154. The number of carbonyl (C=O) groups is 2. The van der Waals surface area contributed by atoms with Gasteiger partial charge in [-0.25, -0.2) is 4.57 Å². The van der Waals surface area contributed by atoms with Gasteiger partial charge < -0.3 is 25.2 Å². The quantitative estimate of drug-likeness (QED) is 0.0236. The van der Waals surface area contributed by atoms with Gasteiger partial charge in [-0.1, -0.05) is 150 Å². The number of phosphoric ester groups is 1. The van der Waals surface area contributed by atoms with E-state index in [1.54, 1.807) is 0 Å². The van der Waals surface area contributed by atoms with Crippen LogP contribution in [0, 0.1) is 0 Å². The maximum absolute atomic E-state index is 12.6. The molecule has 0 amide bonds. The number of ether oxygens (including phenoxy) is 2. The maximum atomic E-state index is 12.6. The van der Waals surface area contributed by atoms with Crippen molar-refractivity contribution >= 4 is 19.8 Å². The number of carbonyl (C=O) groups excluding carboxylic acids is 1. The van der Waals surface area contributed by atoms with Crippen molar-refractivity contribution in [1.82, 2.24) is 0 Å². The molecule has 0 spiro atoms. The predicted octanol–water partition coefficient (Wildman–Crippen LogP) is 11.8. The molecular weight excluding hydrogens is 741 g/mol. The molecule has 11 heteroatoms. The van der Waals surface area contributed by atoms with E-state index in [9.17, 15) is 19.0 Å². The minimum atomic E-state index is -4.64. The first-order chi connectivity index (χ1) is 27.7. The van der Waals surface area contributed by atoms with Crippen LogP contribution in [-0.4, -0.2) is 60.5 Å². The van der Waals surface area contributed by atoms with E-state index in [-0.39, 0.29) is 13.0 Å². The van der Waals surface area contributed by atoms with Crippen LogP contribution in [0.5, 0.6) is 0 Å². The third-order valence-corrected chi connectivity index (χ3v) is 9.31. The van der Waals surface area contributed by atoms with Crippen LogP contribution in [0.4, 0.5) is 0 Å². The molecule has 0 saturated carbocycles. The second-order valence-electron chi connectivity index (χ2n) is 13.7. The summed E-state index contributed by atoms with van der Waals surface area (Å²) in [5, 5.41) is 8.89. The molecule has 0 aromatic rings. The van der Waals surface area contributed by atoms with E-state index in [1.165, 1.54) is 32.1 Å². The van der Waals surface area contributed by atoms with Crippen LogP contribution >= 0.6 is 7.82 Å². The highest BCUT2D eigenvalue weighted by molar-refractivity contribution is 7.47. The zero-order chi connectivity index (χ0) is 41.9. The molecule has 0 bridgehead atoms. The number of unbranched alkanes of at least 4 members (excludes halogenated alkanes) is 9. The fraction of sp³-hybridized carbons (Fsp3) is 0.609. The second-order valence-corrected chi connectivity index (χ2v) is 15.2. The number of carboxylic acid groups (broad SMARTS) is 1. The average molecular weight is 818 g/mol. The largest absolute Gasteiger partial charge is 0.480 e. The number of rotatable bonds is 39. The summed E-state index contributed by atoms with van der Waals surface area (Å²) in [4.78, 5) is 33.5. The molecule has 0 fully saturated rings. The van der Waals surface area contributed by atoms with Crippen molar-refractivity contribution in [1.29, 1.82) is 0 Å². The van der Waals surface area contributed by atoms with Crippen LogP contribution in [0.25, 0.3) is 0 Å². The molecule has 0 heterocycles. The van der Waals surface area contributed by atoms with Crippen molar-refractivity contribution in [3.05, 3.63) is 97.2 Å². The lowest BCUT2D eigenvalue weighted by Crippen LogP contribution is -2.34. The Balaban J connectivity index is 4.38. The Labute approximate surface area is 345 Å². The smallest absolute Gasteiger partial charge is 0.472 e. The SMILES string of the molecule is CC/C=C\C/C=C\C/C=C\C/C=C\C/C=C\CCCC(=O)OC(COCCCCCCCCCC/C=C\C/C=C\C/C=C\CC)COP(=O)(O)OCC(N)C(=O)O. The van der Waals surface area contributed by atoms with Crippen molar-refractivity contribution in [2.75, 3.05) is 26.4 Å². The molecular formula is C46H76NO9P. The molecule has 0 rings (SSSR count).